The van der Waals surface area contributed by atoms with E-state index in [1.54, 1.807) is 18.0 Å². The highest BCUT2D eigenvalue weighted by molar-refractivity contribution is 5.80. The van der Waals surface area contributed by atoms with E-state index in [1.807, 2.05) is 0 Å². The van der Waals surface area contributed by atoms with Gasteiger partial charge in [-0.05, 0) is 12.8 Å². The number of hydrogen-bond acceptors (Lipinski definition) is 5. The molecule has 2 atom stereocenters. The second-order valence-electron chi connectivity index (χ2n) is 4.24. The predicted molar refractivity (Wildman–Crippen MR) is 59.9 cm³/mol. The fraction of sp³-hybridized carbons (Fsp3) is 0.636. The first-order valence-corrected chi connectivity index (χ1v) is 5.70. The molecule has 1 saturated heterocycles. The van der Waals surface area contributed by atoms with E-state index in [9.17, 15) is 4.79 Å². The molecule has 1 aliphatic heterocycles. The summed E-state index contributed by atoms with van der Waals surface area (Å²) in [5.74, 6) is -0.0241. The molecule has 17 heavy (non-hydrogen) atoms. The van der Waals surface area contributed by atoms with Crippen LogP contribution in [-0.2, 0) is 16.1 Å². The summed E-state index contributed by atoms with van der Waals surface area (Å²) in [5, 5.41) is 3.77. The molecule has 2 N–H and O–H groups in total. The molecular weight excluding hydrogens is 222 g/mol. The molecule has 6 nitrogen and oxygen atoms in total. The monoisotopic (exact) mass is 239 g/mol. The van der Waals surface area contributed by atoms with Crippen molar-refractivity contribution in [1.29, 1.82) is 0 Å². The van der Waals surface area contributed by atoms with Gasteiger partial charge in [0.15, 0.2) is 0 Å². The molecule has 1 aliphatic rings. The van der Waals surface area contributed by atoms with Crippen LogP contribution in [0.5, 0.6) is 0 Å². The minimum absolute atomic E-state index is 0.0180. The molecule has 0 unspecified atom stereocenters. The number of amides is 1. The van der Waals surface area contributed by atoms with Crippen molar-refractivity contribution in [3.8, 4) is 0 Å². The third-order valence-electron chi connectivity index (χ3n) is 2.91. The van der Waals surface area contributed by atoms with Crippen LogP contribution < -0.4 is 5.73 Å². The van der Waals surface area contributed by atoms with Gasteiger partial charge in [0.2, 0.25) is 0 Å². The van der Waals surface area contributed by atoms with Gasteiger partial charge in [-0.15, -0.1) is 0 Å². The summed E-state index contributed by atoms with van der Waals surface area (Å²) >= 11 is 0. The van der Waals surface area contributed by atoms with Crippen molar-refractivity contribution in [3.63, 3.8) is 0 Å². The number of carbonyl (C=O) groups is 1. The molecule has 1 fully saturated rings. The smallest absolute Gasteiger partial charge is 0.251 e. The zero-order chi connectivity index (χ0) is 12.3. The molecule has 1 amide bonds. The number of hydrogen-bond donors (Lipinski definition) is 1. The zero-order valence-electron chi connectivity index (χ0n) is 9.83. The second-order valence-corrected chi connectivity index (χ2v) is 4.24. The molecular formula is C11H17N3O3. The summed E-state index contributed by atoms with van der Waals surface area (Å²) in [5.41, 5.74) is 6.24. The van der Waals surface area contributed by atoms with Gasteiger partial charge >= 0.3 is 0 Å². The van der Waals surface area contributed by atoms with E-state index in [0.29, 0.717) is 13.1 Å². The van der Waals surface area contributed by atoms with E-state index in [-0.39, 0.29) is 18.1 Å². The first kappa shape index (κ1) is 12.1. The number of rotatable bonds is 4. The quantitative estimate of drug-likeness (QED) is 0.808. The summed E-state index contributed by atoms with van der Waals surface area (Å²) in [6.07, 6.45) is 2.74. The minimum Gasteiger partial charge on any atom is -0.364 e. The molecule has 1 aromatic heterocycles. The average Bonchev–Trinajstić information content (AvgIpc) is 2.98. The van der Waals surface area contributed by atoms with Crippen molar-refractivity contribution in [2.24, 2.45) is 5.73 Å². The zero-order valence-corrected chi connectivity index (χ0v) is 9.83. The third-order valence-corrected chi connectivity index (χ3v) is 2.91. The lowest BCUT2D eigenvalue weighted by Gasteiger charge is -2.20. The van der Waals surface area contributed by atoms with Crippen molar-refractivity contribution in [3.05, 3.63) is 18.0 Å². The molecule has 0 bridgehead atoms. The summed E-state index contributed by atoms with van der Waals surface area (Å²) in [4.78, 5) is 13.6. The molecule has 1 aromatic rings. The lowest BCUT2D eigenvalue weighted by molar-refractivity contribution is -0.142. The van der Waals surface area contributed by atoms with Crippen LogP contribution in [0, 0.1) is 0 Å². The van der Waals surface area contributed by atoms with Gasteiger partial charge < -0.3 is 19.9 Å². The Kier molecular flexibility index (Phi) is 3.75. The Balaban J connectivity index is 1.87. The number of likely N-dealkylation sites (N-methyl/N-ethyl adjacent to an activating group) is 1. The Bertz CT molecular complexity index is 366. The molecule has 2 heterocycles. The molecule has 94 valence electrons. The molecule has 0 aromatic carbocycles. The van der Waals surface area contributed by atoms with Crippen LogP contribution in [0.3, 0.4) is 0 Å². The summed E-state index contributed by atoms with van der Waals surface area (Å²) in [6.45, 7) is 0.902. The summed E-state index contributed by atoms with van der Waals surface area (Å²) in [7, 11) is 1.73. The standard InChI is InChI=1S/C11H17N3O3/c1-14(7-8-4-5-16-13-8)11(15)10-3-2-9(6-12)17-10/h4-5,9-10H,2-3,6-7,12H2,1H3/t9-,10+/m1/s1. The number of carbonyl (C=O) groups excluding carboxylic acids is 1. The second kappa shape index (κ2) is 5.29. The van der Waals surface area contributed by atoms with E-state index in [1.165, 1.54) is 6.26 Å². The normalized spacial score (nSPS) is 23.9. The van der Waals surface area contributed by atoms with Gasteiger partial charge in [-0.1, -0.05) is 5.16 Å². The van der Waals surface area contributed by atoms with Crippen LogP contribution >= 0.6 is 0 Å². The Labute approximate surface area is 99.7 Å². The molecule has 0 aliphatic carbocycles. The lowest BCUT2D eigenvalue weighted by Crippen LogP contribution is -2.36. The van der Waals surface area contributed by atoms with E-state index in [0.717, 1.165) is 18.5 Å². The van der Waals surface area contributed by atoms with E-state index in [4.69, 9.17) is 15.0 Å². The largest absolute Gasteiger partial charge is 0.364 e. The van der Waals surface area contributed by atoms with E-state index >= 15 is 0 Å². The Morgan fingerprint density at radius 2 is 2.47 bits per heavy atom. The molecule has 0 spiro atoms. The number of ether oxygens (including phenoxy) is 1. The van der Waals surface area contributed by atoms with Crippen molar-refractivity contribution in [2.45, 2.75) is 31.6 Å². The van der Waals surface area contributed by atoms with Crippen LogP contribution in [0.1, 0.15) is 18.5 Å². The molecule has 6 heteroatoms. The van der Waals surface area contributed by atoms with Crippen LogP contribution in [-0.4, -0.2) is 41.8 Å². The van der Waals surface area contributed by atoms with Crippen molar-refractivity contribution >= 4 is 5.91 Å². The van der Waals surface area contributed by atoms with Gasteiger partial charge in [-0.25, -0.2) is 0 Å². The van der Waals surface area contributed by atoms with Gasteiger partial charge in [-0.3, -0.25) is 4.79 Å². The highest BCUT2D eigenvalue weighted by Crippen LogP contribution is 2.20. The fourth-order valence-corrected chi connectivity index (χ4v) is 1.95. The number of nitrogens with zero attached hydrogens (tertiary/aromatic N) is 2. The molecule has 0 saturated carbocycles. The van der Waals surface area contributed by atoms with Crippen LogP contribution in [0.25, 0.3) is 0 Å². The van der Waals surface area contributed by atoms with Crippen LogP contribution in [0.2, 0.25) is 0 Å². The lowest BCUT2D eigenvalue weighted by atomic mass is 10.2. The Morgan fingerprint density at radius 1 is 1.65 bits per heavy atom. The van der Waals surface area contributed by atoms with Gasteiger partial charge in [0, 0.05) is 19.7 Å². The van der Waals surface area contributed by atoms with Gasteiger partial charge in [0.1, 0.15) is 18.1 Å². The van der Waals surface area contributed by atoms with E-state index in [2.05, 4.69) is 5.16 Å². The first-order valence-electron chi connectivity index (χ1n) is 5.70. The van der Waals surface area contributed by atoms with E-state index < -0.39 is 0 Å². The number of nitrogens with two attached hydrogens (primary N) is 1. The maximum Gasteiger partial charge on any atom is 0.251 e. The molecule has 2 rings (SSSR count). The summed E-state index contributed by atoms with van der Waals surface area (Å²) in [6, 6.07) is 1.74. The highest BCUT2D eigenvalue weighted by Gasteiger charge is 2.31. The summed E-state index contributed by atoms with van der Waals surface area (Å²) < 4.78 is 10.3. The fourth-order valence-electron chi connectivity index (χ4n) is 1.95. The predicted octanol–water partition coefficient (Wildman–Crippen LogP) is 0.139. The molecule has 0 radical (unpaired) electrons. The van der Waals surface area contributed by atoms with Crippen molar-refractivity contribution in [2.75, 3.05) is 13.6 Å². The maximum absolute atomic E-state index is 12.0. The third kappa shape index (κ3) is 2.83. The first-order chi connectivity index (χ1) is 8.20. The van der Waals surface area contributed by atoms with Gasteiger partial charge in [0.05, 0.1) is 12.6 Å². The maximum atomic E-state index is 12.0. The minimum atomic E-state index is -0.361. The van der Waals surface area contributed by atoms with Crippen LogP contribution in [0.15, 0.2) is 16.9 Å². The average molecular weight is 239 g/mol. The van der Waals surface area contributed by atoms with Gasteiger partial charge in [-0.2, -0.15) is 0 Å². The topological polar surface area (TPSA) is 81.6 Å². The van der Waals surface area contributed by atoms with Crippen molar-refractivity contribution < 1.29 is 14.1 Å². The van der Waals surface area contributed by atoms with Crippen molar-refractivity contribution in [1.82, 2.24) is 10.1 Å². The van der Waals surface area contributed by atoms with Gasteiger partial charge in [0.25, 0.3) is 5.91 Å². The number of aromatic nitrogens is 1. The highest BCUT2D eigenvalue weighted by atomic mass is 16.5. The van der Waals surface area contributed by atoms with Crippen LogP contribution in [0.4, 0.5) is 0 Å². The Hall–Kier alpha value is -1.40. The Morgan fingerprint density at radius 3 is 3.06 bits per heavy atom. The SMILES string of the molecule is CN(Cc1ccon1)C(=O)[C@@H]1CC[C@H](CN)O1.